The Morgan fingerprint density at radius 1 is 0.921 bits per heavy atom. The van der Waals surface area contributed by atoms with E-state index in [1.807, 2.05) is 50.2 Å². The normalized spacial score (nSPS) is 13.7. The highest BCUT2D eigenvalue weighted by Gasteiger charge is 2.30. The quantitative estimate of drug-likeness (QED) is 0.153. The van der Waals surface area contributed by atoms with E-state index in [0.29, 0.717) is 19.3 Å². The predicted molar refractivity (Wildman–Crippen MR) is 146 cm³/mol. The number of amides is 2. The second-order valence-electron chi connectivity index (χ2n) is 9.84. The van der Waals surface area contributed by atoms with Gasteiger partial charge in [0.2, 0.25) is 5.91 Å². The predicted octanol–water partition coefficient (Wildman–Crippen LogP) is 2.95. The molecule has 2 aromatic rings. The molecule has 2 amide bonds. The van der Waals surface area contributed by atoms with Crippen LogP contribution in [-0.4, -0.2) is 54.3 Å². The number of aliphatic carboxylic acids is 1. The molecule has 38 heavy (non-hydrogen) atoms. The van der Waals surface area contributed by atoms with Crippen molar-refractivity contribution in [1.82, 2.24) is 10.6 Å². The van der Waals surface area contributed by atoms with Crippen molar-refractivity contribution in [1.29, 1.82) is 0 Å². The molecule has 1 aliphatic carbocycles. The number of carbonyl (C=O) groups excluding carboxylic acids is 2. The number of nitrogens with one attached hydrogen (secondary N) is 2. The number of nitrogens with two attached hydrogens (primary N) is 2. The number of hydrogen-bond acceptors (Lipinski definition) is 5. The molecular weight excluding hydrogens is 486 g/mol. The van der Waals surface area contributed by atoms with Gasteiger partial charge in [0.25, 0.3) is 0 Å². The summed E-state index contributed by atoms with van der Waals surface area (Å²) in [6, 6.07) is 14.0. The molecule has 2 aromatic carbocycles. The number of benzene rings is 2. The number of guanidine groups is 1. The van der Waals surface area contributed by atoms with Crippen molar-refractivity contribution in [3.63, 3.8) is 0 Å². The number of alkyl carbamates (subject to hydrolysis) is 1. The van der Waals surface area contributed by atoms with E-state index in [0.717, 1.165) is 22.3 Å². The largest absolute Gasteiger partial charge is 0.480 e. The molecular formula is C28H37N5O5. The standard InChI is InChI=1S/C28H37N5O5/c1-17(2)13-14-23(25(34)32-24(26(35)36)12-7-15-31-27(29)30)33-28(37)38-16-22-20-10-5-3-8-18(20)19-9-4-6-11-21(19)22/h3-6,8-11,17,22-24H,7,12-16H2,1-2H3,(H,32,34)(H,33,37)(H,35,36)(H4,29,30,31)/t23-,24-/m0/s1. The minimum atomic E-state index is -1.17. The molecule has 3 rings (SSSR count). The van der Waals surface area contributed by atoms with E-state index in [2.05, 4.69) is 27.8 Å². The molecule has 1 aliphatic rings. The first-order valence-electron chi connectivity index (χ1n) is 12.9. The summed E-state index contributed by atoms with van der Waals surface area (Å²) in [6.07, 6.45) is 0.777. The van der Waals surface area contributed by atoms with Crippen molar-refractivity contribution in [2.45, 2.75) is 57.5 Å². The van der Waals surface area contributed by atoms with Crippen LogP contribution in [0.2, 0.25) is 0 Å². The summed E-state index contributed by atoms with van der Waals surface area (Å²) in [4.78, 5) is 41.4. The number of nitrogens with zero attached hydrogens (tertiary/aromatic N) is 1. The summed E-state index contributed by atoms with van der Waals surface area (Å²) in [5, 5.41) is 14.8. The summed E-state index contributed by atoms with van der Waals surface area (Å²) >= 11 is 0. The molecule has 0 unspecified atom stereocenters. The van der Waals surface area contributed by atoms with Gasteiger partial charge in [-0.1, -0.05) is 62.4 Å². The van der Waals surface area contributed by atoms with Crippen molar-refractivity contribution >= 4 is 23.9 Å². The SMILES string of the molecule is CC(C)CC[C@H](NC(=O)OCC1c2ccccc2-c2ccccc21)C(=O)N[C@@H](CCCN=C(N)N)C(=O)O. The lowest BCUT2D eigenvalue weighted by Gasteiger charge is -2.22. The first-order valence-corrected chi connectivity index (χ1v) is 12.9. The zero-order valence-corrected chi connectivity index (χ0v) is 21.9. The fraction of sp³-hybridized carbons (Fsp3) is 0.429. The molecule has 0 aromatic heterocycles. The van der Waals surface area contributed by atoms with Crippen molar-refractivity contribution in [3.8, 4) is 11.1 Å². The fourth-order valence-electron chi connectivity index (χ4n) is 4.58. The third-order valence-corrected chi connectivity index (χ3v) is 6.54. The molecule has 0 fully saturated rings. The van der Waals surface area contributed by atoms with E-state index in [1.165, 1.54) is 0 Å². The van der Waals surface area contributed by atoms with Gasteiger partial charge in [0.15, 0.2) is 5.96 Å². The van der Waals surface area contributed by atoms with Crippen LogP contribution in [0, 0.1) is 5.92 Å². The highest BCUT2D eigenvalue weighted by Crippen LogP contribution is 2.44. The average molecular weight is 524 g/mol. The Balaban J connectivity index is 1.63. The van der Waals surface area contributed by atoms with Gasteiger partial charge < -0.3 is 31.9 Å². The van der Waals surface area contributed by atoms with Gasteiger partial charge in [0, 0.05) is 12.5 Å². The van der Waals surface area contributed by atoms with E-state index < -0.39 is 30.1 Å². The monoisotopic (exact) mass is 523 g/mol. The fourth-order valence-corrected chi connectivity index (χ4v) is 4.58. The van der Waals surface area contributed by atoms with E-state index in [1.54, 1.807) is 0 Å². The number of aliphatic imine (C=N–C) groups is 1. The molecule has 0 saturated heterocycles. The van der Waals surface area contributed by atoms with Gasteiger partial charge in [-0.3, -0.25) is 9.79 Å². The Hall–Kier alpha value is -4.08. The first kappa shape index (κ1) is 28.5. The number of carboxylic acids is 1. The van der Waals surface area contributed by atoms with Crippen molar-refractivity contribution in [2.75, 3.05) is 13.2 Å². The summed E-state index contributed by atoms with van der Waals surface area (Å²) in [5.74, 6) is -1.66. The molecule has 0 heterocycles. The highest BCUT2D eigenvalue weighted by atomic mass is 16.5. The summed E-state index contributed by atoms with van der Waals surface area (Å²) in [6.45, 7) is 4.37. The number of rotatable bonds is 13. The van der Waals surface area contributed by atoms with Crippen LogP contribution in [0.15, 0.2) is 53.5 Å². The molecule has 10 nitrogen and oxygen atoms in total. The van der Waals surface area contributed by atoms with Crippen LogP contribution < -0.4 is 22.1 Å². The Morgan fingerprint density at radius 2 is 1.53 bits per heavy atom. The van der Waals surface area contributed by atoms with Crippen LogP contribution in [-0.2, 0) is 14.3 Å². The second kappa shape index (κ2) is 13.5. The maximum atomic E-state index is 13.0. The Bertz CT molecular complexity index is 1120. The maximum Gasteiger partial charge on any atom is 0.407 e. The van der Waals surface area contributed by atoms with E-state index in [4.69, 9.17) is 16.2 Å². The molecule has 0 bridgehead atoms. The second-order valence-corrected chi connectivity index (χ2v) is 9.84. The maximum absolute atomic E-state index is 13.0. The molecule has 204 valence electrons. The van der Waals surface area contributed by atoms with Gasteiger partial charge >= 0.3 is 12.1 Å². The van der Waals surface area contributed by atoms with Crippen LogP contribution in [0.3, 0.4) is 0 Å². The Morgan fingerprint density at radius 3 is 2.08 bits per heavy atom. The molecule has 0 radical (unpaired) electrons. The van der Waals surface area contributed by atoms with Crippen molar-refractivity contribution in [3.05, 3.63) is 59.7 Å². The number of carbonyl (C=O) groups is 3. The topological polar surface area (TPSA) is 169 Å². The Labute approximate surface area is 222 Å². The van der Waals surface area contributed by atoms with Gasteiger partial charge in [-0.05, 0) is 53.9 Å². The molecule has 0 saturated carbocycles. The smallest absolute Gasteiger partial charge is 0.407 e. The van der Waals surface area contributed by atoms with E-state index >= 15 is 0 Å². The lowest BCUT2D eigenvalue weighted by atomic mass is 9.98. The minimum absolute atomic E-state index is 0.0815. The van der Waals surface area contributed by atoms with Gasteiger partial charge in [0.05, 0.1) is 0 Å². The van der Waals surface area contributed by atoms with Crippen molar-refractivity contribution in [2.24, 2.45) is 22.4 Å². The molecule has 7 N–H and O–H groups in total. The molecule has 0 aliphatic heterocycles. The number of ether oxygens (including phenoxy) is 1. The summed E-state index contributed by atoms with van der Waals surface area (Å²) in [5.41, 5.74) is 15.0. The number of fused-ring (bicyclic) bond motifs is 3. The van der Waals surface area contributed by atoms with Crippen LogP contribution in [0.4, 0.5) is 4.79 Å². The summed E-state index contributed by atoms with van der Waals surface area (Å²) < 4.78 is 5.60. The number of carboxylic acid groups (broad SMARTS) is 1. The number of hydrogen-bond donors (Lipinski definition) is 5. The lowest BCUT2D eigenvalue weighted by molar-refractivity contribution is -0.142. The summed E-state index contributed by atoms with van der Waals surface area (Å²) in [7, 11) is 0. The van der Waals surface area contributed by atoms with Gasteiger partial charge in [-0.25, -0.2) is 9.59 Å². The lowest BCUT2D eigenvalue weighted by Crippen LogP contribution is -2.51. The zero-order valence-electron chi connectivity index (χ0n) is 21.9. The van der Waals surface area contributed by atoms with Crippen LogP contribution >= 0.6 is 0 Å². The zero-order chi connectivity index (χ0) is 27.7. The molecule has 0 spiro atoms. The van der Waals surface area contributed by atoms with Crippen LogP contribution in [0.1, 0.15) is 56.6 Å². The van der Waals surface area contributed by atoms with Gasteiger partial charge in [-0.2, -0.15) is 0 Å². The van der Waals surface area contributed by atoms with Crippen LogP contribution in [0.25, 0.3) is 11.1 Å². The third-order valence-electron chi connectivity index (χ3n) is 6.54. The van der Waals surface area contributed by atoms with Gasteiger partial charge in [-0.15, -0.1) is 0 Å². The van der Waals surface area contributed by atoms with E-state index in [-0.39, 0.29) is 37.4 Å². The average Bonchev–Trinajstić information content (AvgIpc) is 3.20. The van der Waals surface area contributed by atoms with Crippen molar-refractivity contribution < 1.29 is 24.2 Å². The molecule has 2 atom stereocenters. The van der Waals surface area contributed by atoms with E-state index in [9.17, 15) is 19.5 Å². The minimum Gasteiger partial charge on any atom is -0.480 e. The van der Waals surface area contributed by atoms with Gasteiger partial charge in [0.1, 0.15) is 18.7 Å². The molecule has 10 heteroatoms. The Kier molecular flexibility index (Phi) is 10.1. The highest BCUT2D eigenvalue weighted by molar-refractivity contribution is 5.89. The first-order chi connectivity index (χ1) is 18.2. The third kappa shape index (κ3) is 7.71. The van der Waals surface area contributed by atoms with Crippen LogP contribution in [0.5, 0.6) is 0 Å².